The Morgan fingerprint density at radius 1 is 0.304 bits per heavy atom. The van der Waals surface area contributed by atoms with Crippen LogP contribution in [0.2, 0.25) is 0 Å². The van der Waals surface area contributed by atoms with Crippen LogP contribution in [0.3, 0.4) is 0 Å². The van der Waals surface area contributed by atoms with E-state index in [0.29, 0.717) is 17.4 Å². The third-order valence-corrected chi connectivity index (χ3v) is 18.1. The SMILES string of the molecule is CC/C=C\C/C=C\C/C=C\C/C=C\C/C=C\C/C=C\C/C=C\C/C=C\CCCCCCCCCCCCCCCCCCC(=O)OC(COC(=O)CCCCCCCCCCCCCC/C=C\C/C=C\C/C=C\C/C=C\C/C=C\C/C=C\C/C=C\C/C=C\CC)COP(=O)(O)OCC[N+](C)(C)C. The molecule has 9 nitrogen and oxygen atoms in total. The van der Waals surface area contributed by atoms with Gasteiger partial charge in [0.1, 0.15) is 19.8 Å². The Labute approximate surface area is 628 Å². The molecule has 0 saturated carbocycles. The number of ether oxygens (including phenoxy) is 2. The predicted octanol–water partition coefficient (Wildman–Crippen LogP) is 27.9. The fraction of sp³-hybridized carbons (Fsp3) is 0.630. The standard InChI is InChI=1S/C92H152NO8P/c1-6-8-10-12-14-16-18-20-22-24-26-28-30-32-34-36-38-40-42-44-45-46-47-49-51-53-55-57-59-61-63-65-67-69-71-73-75-77-79-81-83-85-92(95)101-90(89-100-102(96,97)99-87-86-93(3,4)5)88-98-91(94)84-82-80-78-76-74-72-70-68-66-64-62-60-58-56-54-52-50-48-43-41-39-37-35-33-31-29-27-25-23-21-19-17-15-13-11-9-7-2/h8-11,14-17,20-23,26-29,32-35,38-41,44-45,47-50,54,56,90H,6-7,12-13,18-19,24-25,30-31,36-37,42-43,46,51-53,55,57-89H2,1-5H3/p+1/b10-8-,11-9-,16-14-,17-15-,22-20-,23-21-,28-26-,29-27-,34-32-,35-33-,40-38-,41-39-,45-44-,49-47-,50-48-,56-54-. The van der Waals surface area contributed by atoms with Crippen molar-refractivity contribution in [3.63, 3.8) is 0 Å². The van der Waals surface area contributed by atoms with Gasteiger partial charge in [-0.05, 0) is 141 Å². The molecule has 0 aliphatic heterocycles. The maximum atomic E-state index is 12.9. The number of hydrogen-bond donors (Lipinski definition) is 1. The van der Waals surface area contributed by atoms with Gasteiger partial charge in [0.25, 0.3) is 0 Å². The molecule has 0 fully saturated rings. The molecule has 2 atom stereocenters. The van der Waals surface area contributed by atoms with E-state index in [1.165, 1.54) is 148 Å². The van der Waals surface area contributed by atoms with Crippen LogP contribution in [0.5, 0.6) is 0 Å². The van der Waals surface area contributed by atoms with Crippen LogP contribution in [-0.4, -0.2) is 74.9 Å². The lowest BCUT2D eigenvalue weighted by Gasteiger charge is -2.24. The van der Waals surface area contributed by atoms with Crippen LogP contribution >= 0.6 is 7.82 Å². The Kier molecular flexibility index (Phi) is 75.9. The van der Waals surface area contributed by atoms with Crippen molar-refractivity contribution in [3.8, 4) is 0 Å². The number of unbranched alkanes of at least 4 members (excludes halogenated alkanes) is 28. The number of likely N-dealkylation sites (N-methyl/N-ethyl adjacent to an activating group) is 1. The molecular formula is C92H153NO8P+. The number of carbonyl (C=O) groups excluding carboxylic acids is 2. The average Bonchev–Trinajstić information content (AvgIpc) is 0.916. The molecule has 102 heavy (non-hydrogen) atoms. The molecule has 0 heterocycles. The van der Waals surface area contributed by atoms with Crippen LogP contribution in [0.15, 0.2) is 194 Å². The highest BCUT2D eigenvalue weighted by Crippen LogP contribution is 2.43. The third-order valence-electron chi connectivity index (χ3n) is 17.1. The average molecular weight is 1430 g/mol. The number of esters is 2. The molecule has 0 aromatic carbocycles. The van der Waals surface area contributed by atoms with Crippen LogP contribution in [0, 0.1) is 0 Å². The summed E-state index contributed by atoms with van der Waals surface area (Å²) in [4.78, 5) is 36.0. The summed E-state index contributed by atoms with van der Waals surface area (Å²) in [6.07, 6.45) is 124. The van der Waals surface area contributed by atoms with E-state index in [9.17, 15) is 19.0 Å². The molecule has 0 bridgehead atoms. The highest BCUT2D eigenvalue weighted by atomic mass is 31.2. The highest BCUT2D eigenvalue weighted by Gasteiger charge is 2.27. The number of rotatable bonds is 74. The maximum absolute atomic E-state index is 12.9. The quantitative estimate of drug-likeness (QED) is 0.0211. The van der Waals surface area contributed by atoms with Gasteiger partial charge in [0, 0.05) is 12.8 Å². The second-order valence-corrected chi connectivity index (χ2v) is 29.5. The van der Waals surface area contributed by atoms with E-state index >= 15 is 0 Å². The number of quaternary nitrogens is 1. The van der Waals surface area contributed by atoms with E-state index in [1.807, 2.05) is 21.1 Å². The summed E-state index contributed by atoms with van der Waals surface area (Å²) >= 11 is 0. The van der Waals surface area contributed by atoms with Crippen molar-refractivity contribution in [2.75, 3.05) is 47.5 Å². The predicted molar refractivity (Wildman–Crippen MR) is 445 cm³/mol. The number of allylic oxidation sites excluding steroid dienone is 32. The molecule has 2 unspecified atom stereocenters. The number of nitrogens with zero attached hydrogens (tertiary/aromatic N) is 1. The smallest absolute Gasteiger partial charge is 0.462 e. The van der Waals surface area contributed by atoms with Crippen molar-refractivity contribution in [3.05, 3.63) is 194 Å². The van der Waals surface area contributed by atoms with E-state index in [1.54, 1.807) is 0 Å². The molecule has 0 aromatic rings. The van der Waals surface area contributed by atoms with E-state index in [4.69, 9.17) is 18.5 Å². The summed E-state index contributed by atoms with van der Waals surface area (Å²) in [6, 6.07) is 0. The fourth-order valence-corrected chi connectivity index (χ4v) is 11.7. The molecule has 0 aromatic heterocycles. The molecule has 0 aliphatic carbocycles. The number of hydrogen-bond acceptors (Lipinski definition) is 7. The van der Waals surface area contributed by atoms with Gasteiger partial charge in [-0.25, -0.2) is 4.57 Å². The minimum Gasteiger partial charge on any atom is -0.462 e. The van der Waals surface area contributed by atoms with Gasteiger partial charge in [-0.1, -0.05) is 362 Å². The van der Waals surface area contributed by atoms with Crippen molar-refractivity contribution >= 4 is 19.8 Å². The summed E-state index contributed by atoms with van der Waals surface area (Å²) in [7, 11) is 1.47. The van der Waals surface area contributed by atoms with Crippen LogP contribution in [0.4, 0.5) is 0 Å². The van der Waals surface area contributed by atoms with Crippen molar-refractivity contribution in [1.82, 2.24) is 0 Å². The summed E-state index contributed by atoms with van der Waals surface area (Å²) < 4.78 is 34.8. The minimum absolute atomic E-state index is 0.0245. The van der Waals surface area contributed by atoms with Gasteiger partial charge >= 0.3 is 19.8 Å². The molecule has 0 aliphatic rings. The van der Waals surface area contributed by atoms with Gasteiger partial charge in [-0.3, -0.25) is 18.6 Å². The molecule has 1 N–H and O–H groups in total. The fourth-order valence-electron chi connectivity index (χ4n) is 10.9. The van der Waals surface area contributed by atoms with Crippen molar-refractivity contribution in [1.29, 1.82) is 0 Å². The Balaban J connectivity index is 4.02. The number of carbonyl (C=O) groups is 2. The summed E-state index contributed by atoms with van der Waals surface area (Å²) in [5, 5.41) is 0. The van der Waals surface area contributed by atoms with Gasteiger partial charge in [0.05, 0.1) is 27.7 Å². The van der Waals surface area contributed by atoms with Crippen molar-refractivity contribution in [2.24, 2.45) is 0 Å². The lowest BCUT2D eigenvalue weighted by atomic mass is 10.0. The summed E-state index contributed by atoms with van der Waals surface area (Å²) in [5.41, 5.74) is 0. The van der Waals surface area contributed by atoms with Gasteiger partial charge in [0.15, 0.2) is 6.10 Å². The maximum Gasteiger partial charge on any atom is 0.472 e. The first-order chi connectivity index (χ1) is 50.0. The Hall–Kier alpha value is -5.15. The second kappa shape index (κ2) is 80.0. The largest absolute Gasteiger partial charge is 0.472 e. The van der Waals surface area contributed by atoms with Gasteiger partial charge in [0.2, 0.25) is 0 Å². The zero-order chi connectivity index (χ0) is 74.0. The second-order valence-electron chi connectivity index (χ2n) is 28.0. The highest BCUT2D eigenvalue weighted by molar-refractivity contribution is 7.47. The van der Waals surface area contributed by atoms with E-state index < -0.39 is 26.5 Å². The zero-order valence-corrected chi connectivity index (χ0v) is 66.9. The molecule has 0 rings (SSSR count). The third kappa shape index (κ3) is 83.8. The van der Waals surface area contributed by atoms with Crippen molar-refractivity contribution < 1.29 is 42.1 Å². The monoisotopic (exact) mass is 1430 g/mol. The Morgan fingerprint density at radius 2 is 0.529 bits per heavy atom. The van der Waals surface area contributed by atoms with Gasteiger partial charge in [-0.2, -0.15) is 0 Å². The lowest BCUT2D eigenvalue weighted by molar-refractivity contribution is -0.870. The first kappa shape index (κ1) is 96.8. The van der Waals surface area contributed by atoms with Gasteiger partial charge in [-0.15, -0.1) is 0 Å². The van der Waals surface area contributed by atoms with Crippen LogP contribution in [0.25, 0.3) is 0 Å². The number of phosphoric ester groups is 1. The minimum atomic E-state index is -4.41. The molecule has 0 spiro atoms. The van der Waals surface area contributed by atoms with E-state index in [2.05, 4.69) is 208 Å². The lowest BCUT2D eigenvalue weighted by Crippen LogP contribution is -2.37. The first-order valence-electron chi connectivity index (χ1n) is 41.2. The molecule has 578 valence electrons. The van der Waals surface area contributed by atoms with Crippen LogP contribution in [-0.2, 0) is 32.7 Å². The summed E-state index contributed by atoms with van der Waals surface area (Å²) in [6.45, 7) is 4.21. The normalized spacial score (nSPS) is 14.1. The zero-order valence-electron chi connectivity index (χ0n) is 66.0. The van der Waals surface area contributed by atoms with Crippen LogP contribution < -0.4 is 0 Å². The van der Waals surface area contributed by atoms with E-state index in [-0.39, 0.29) is 32.0 Å². The molecule has 10 heteroatoms. The Morgan fingerprint density at radius 3 is 0.784 bits per heavy atom. The van der Waals surface area contributed by atoms with E-state index in [0.717, 1.165) is 141 Å². The molecular weight excluding hydrogens is 1280 g/mol. The molecule has 0 saturated heterocycles. The topological polar surface area (TPSA) is 108 Å². The Bertz CT molecular complexity index is 2440. The van der Waals surface area contributed by atoms with Gasteiger partial charge < -0.3 is 18.9 Å². The number of phosphoric acid groups is 1. The first-order valence-corrected chi connectivity index (χ1v) is 42.7. The van der Waals surface area contributed by atoms with Crippen molar-refractivity contribution in [2.45, 2.75) is 328 Å². The summed E-state index contributed by atoms with van der Waals surface area (Å²) in [5.74, 6) is -0.801. The van der Waals surface area contributed by atoms with Crippen LogP contribution in [0.1, 0.15) is 322 Å². The molecule has 0 amide bonds. The molecule has 0 radical (unpaired) electrons.